The van der Waals surface area contributed by atoms with Gasteiger partial charge in [-0.25, -0.2) is 4.79 Å². The summed E-state index contributed by atoms with van der Waals surface area (Å²) < 4.78 is 20.9. The maximum absolute atomic E-state index is 11.7. The second kappa shape index (κ2) is 9.98. The van der Waals surface area contributed by atoms with E-state index in [1.165, 1.54) is 19.3 Å². The van der Waals surface area contributed by atoms with Crippen LogP contribution in [0.1, 0.15) is 12.5 Å². The third-order valence-corrected chi connectivity index (χ3v) is 3.35. The van der Waals surface area contributed by atoms with Crippen molar-refractivity contribution in [2.75, 3.05) is 26.9 Å². The number of esters is 1. The zero-order valence-corrected chi connectivity index (χ0v) is 14.8. The van der Waals surface area contributed by atoms with Crippen molar-refractivity contribution in [3.05, 3.63) is 54.1 Å². The molecule has 0 heterocycles. The SMILES string of the molecule is CCOc1ccc(OCCOC(=O)/C=C/c2ccc(O)c(OC)c2)cc1. The van der Waals surface area contributed by atoms with E-state index in [1.807, 2.05) is 19.1 Å². The number of benzene rings is 2. The molecule has 6 heteroatoms. The van der Waals surface area contributed by atoms with E-state index in [1.54, 1.807) is 30.3 Å². The monoisotopic (exact) mass is 358 g/mol. The first-order valence-corrected chi connectivity index (χ1v) is 8.20. The van der Waals surface area contributed by atoms with Crippen LogP contribution in [-0.4, -0.2) is 38.0 Å². The van der Waals surface area contributed by atoms with Crippen LogP contribution < -0.4 is 14.2 Å². The maximum atomic E-state index is 11.7. The van der Waals surface area contributed by atoms with Gasteiger partial charge in [-0.3, -0.25) is 0 Å². The zero-order valence-electron chi connectivity index (χ0n) is 14.8. The molecule has 0 bridgehead atoms. The van der Waals surface area contributed by atoms with Crippen LogP contribution in [0.3, 0.4) is 0 Å². The Labute approximate surface area is 152 Å². The second-order valence-corrected chi connectivity index (χ2v) is 5.18. The van der Waals surface area contributed by atoms with Crippen LogP contribution >= 0.6 is 0 Å². The summed E-state index contributed by atoms with van der Waals surface area (Å²) in [4.78, 5) is 11.7. The molecule has 0 unspecified atom stereocenters. The van der Waals surface area contributed by atoms with Crippen LogP contribution in [0.15, 0.2) is 48.5 Å². The van der Waals surface area contributed by atoms with Crippen molar-refractivity contribution in [1.82, 2.24) is 0 Å². The molecule has 2 rings (SSSR count). The van der Waals surface area contributed by atoms with Gasteiger partial charge >= 0.3 is 5.97 Å². The number of aromatic hydroxyl groups is 1. The van der Waals surface area contributed by atoms with Gasteiger partial charge in [-0.05, 0) is 55.0 Å². The Hall–Kier alpha value is -3.15. The first-order chi connectivity index (χ1) is 12.6. The summed E-state index contributed by atoms with van der Waals surface area (Å²) in [7, 11) is 1.46. The Morgan fingerprint density at radius 1 is 1.04 bits per heavy atom. The minimum atomic E-state index is -0.479. The van der Waals surface area contributed by atoms with Gasteiger partial charge in [0.15, 0.2) is 11.5 Å². The van der Waals surface area contributed by atoms with Crippen LogP contribution in [0.5, 0.6) is 23.0 Å². The summed E-state index contributed by atoms with van der Waals surface area (Å²) in [5, 5.41) is 9.53. The second-order valence-electron chi connectivity index (χ2n) is 5.18. The van der Waals surface area contributed by atoms with Gasteiger partial charge in [0.05, 0.1) is 13.7 Å². The van der Waals surface area contributed by atoms with Gasteiger partial charge in [-0.2, -0.15) is 0 Å². The van der Waals surface area contributed by atoms with Crippen LogP contribution in [-0.2, 0) is 9.53 Å². The van der Waals surface area contributed by atoms with Crippen LogP contribution in [0.2, 0.25) is 0 Å². The van der Waals surface area contributed by atoms with Crippen molar-refractivity contribution in [1.29, 1.82) is 0 Å². The van der Waals surface area contributed by atoms with Crippen molar-refractivity contribution in [3.8, 4) is 23.0 Å². The van der Waals surface area contributed by atoms with Crippen LogP contribution in [0.4, 0.5) is 0 Å². The standard InChI is InChI=1S/C20H22O6/c1-3-24-16-6-8-17(9-7-16)25-12-13-26-20(22)11-5-15-4-10-18(21)19(14-15)23-2/h4-11,14,21H,3,12-13H2,1-2H3/b11-5+. The first kappa shape index (κ1) is 19.2. The predicted molar refractivity (Wildman–Crippen MR) is 97.8 cm³/mol. The Bertz CT molecular complexity index is 736. The maximum Gasteiger partial charge on any atom is 0.330 e. The van der Waals surface area contributed by atoms with E-state index in [-0.39, 0.29) is 19.0 Å². The lowest BCUT2D eigenvalue weighted by molar-refractivity contribution is -0.138. The van der Waals surface area contributed by atoms with Crippen molar-refractivity contribution in [2.45, 2.75) is 6.92 Å². The van der Waals surface area contributed by atoms with Crippen LogP contribution in [0, 0.1) is 0 Å². The summed E-state index contributed by atoms with van der Waals surface area (Å²) in [6.07, 6.45) is 2.89. The number of hydrogen-bond acceptors (Lipinski definition) is 6. The van der Waals surface area contributed by atoms with E-state index in [2.05, 4.69) is 0 Å². The van der Waals surface area contributed by atoms with E-state index in [9.17, 15) is 9.90 Å². The summed E-state index contributed by atoms with van der Waals surface area (Å²) in [6.45, 7) is 2.92. The van der Waals surface area contributed by atoms with Gasteiger partial charge in [-0.1, -0.05) is 6.07 Å². The highest BCUT2D eigenvalue weighted by Crippen LogP contribution is 2.26. The molecule has 0 saturated heterocycles. The highest BCUT2D eigenvalue weighted by molar-refractivity contribution is 5.87. The van der Waals surface area contributed by atoms with Crippen molar-refractivity contribution < 1.29 is 28.8 Å². The summed E-state index contributed by atoms with van der Waals surface area (Å²) in [6, 6.07) is 12.0. The van der Waals surface area contributed by atoms with Crippen molar-refractivity contribution in [3.63, 3.8) is 0 Å². The number of rotatable bonds is 9. The molecular formula is C20H22O6. The third-order valence-electron chi connectivity index (χ3n) is 3.35. The van der Waals surface area contributed by atoms with Gasteiger partial charge in [0.1, 0.15) is 24.7 Å². The first-order valence-electron chi connectivity index (χ1n) is 8.20. The fraction of sp³-hybridized carbons (Fsp3) is 0.250. The lowest BCUT2D eigenvalue weighted by Crippen LogP contribution is -2.10. The van der Waals surface area contributed by atoms with Crippen molar-refractivity contribution in [2.24, 2.45) is 0 Å². The van der Waals surface area contributed by atoms with Gasteiger partial charge < -0.3 is 24.1 Å². The molecule has 0 amide bonds. The Kier molecular flexibility index (Phi) is 7.36. The molecule has 2 aromatic rings. The molecule has 0 aliphatic carbocycles. The molecule has 6 nitrogen and oxygen atoms in total. The number of carbonyl (C=O) groups is 1. The van der Waals surface area contributed by atoms with Gasteiger partial charge in [-0.15, -0.1) is 0 Å². The highest BCUT2D eigenvalue weighted by Gasteiger charge is 2.02. The molecule has 1 N–H and O–H groups in total. The molecule has 2 aromatic carbocycles. The molecule has 0 aromatic heterocycles. The largest absolute Gasteiger partial charge is 0.504 e. The van der Waals surface area contributed by atoms with E-state index in [4.69, 9.17) is 18.9 Å². The third kappa shape index (κ3) is 6.05. The number of phenols is 1. The average Bonchev–Trinajstić information content (AvgIpc) is 2.66. The Morgan fingerprint density at radius 3 is 2.38 bits per heavy atom. The number of hydrogen-bond donors (Lipinski definition) is 1. The minimum Gasteiger partial charge on any atom is -0.504 e. The Balaban J connectivity index is 1.73. The number of ether oxygens (including phenoxy) is 4. The van der Waals surface area contributed by atoms with E-state index in [0.29, 0.717) is 23.7 Å². The van der Waals surface area contributed by atoms with Crippen molar-refractivity contribution >= 4 is 12.0 Å². The normalized spacial score (nSPS) is 10.5. The number of carbonyl (C=O) groups excluding carboxylic acids is 1. The fourth-order valence-electron chi connectivity index (χ4n) is 2.11. The number of phenolic OH excluding ortho intramolecular Hbond substituents is 1. The molecule has 0 atom stereocenters. The number of methoxy groups -OCH3 is 1. The molecule has 0 aliphatic heterocycles. The molecule has 0 fully saturated rings. The average molecular weight is 358 g/mol. The fourth-order valence-corrected chi connectivity index (χ4v) is 2.11. The quantitative estimate of drug-likeness (QED) is 0.420. The molecule has 0 saturated carbocycles. The summed E-state index contributed by atoms with van der Waals surface area (Å²) >= 11 is 0. The van der Waals surface area contributed by atoms with E-state index < -0.39 is 5.97 Å². The smallest absolute Gasteiger partial charge is 0.330 e. The highest BCUT2D eigenvalue weighted by atomic mass is 16.6. The van der Waals surface area contributed by atoms with Gasteiger partial charge in [0.25, 0.3) is 0 Å². The topological polar surface area (TPSA) is 74.2 Å². The Morgan fingerprint density at radius 2 is 1.73 bits per heavy atom. The summed E-state index contributed by atoms with van der Waals surface area (Å²) in [5.74, 6) is 1.36. The molecule has 138 valence electrons. The molecule has 0 aliphatic rings. The van der Waals surface area contributed by atoms with Gasteiger partial charge in [0, 0.05) is 6.08 Å². The van der Waals surface area contributed by atoms with E-state index in [0.717, 1.165) is 5.75 Å². The summed E-state index contributed by atoms with van der Waals surface area (Å²) in [5.41, 5.74) is 0.710. The molecule has 0 spiro atoms. The lowest BCUT2D eigenvalue weighted by Gasteiger charge is -2.07. The van der Waals surface area contributed by atoms with Gasteiger partial charge in [0.2, 0.25) is 0 Å². The predicted octanol–water partition coefficient (Wildman–Crippen LogP) is 3.43. The molecular weight excluding hydrogens is 336 g/mol. The molecule has 26 heavy (non-hydrogen) atoms. The molecule has 0 radical (unpaired) electrons. The lowest BCUT2D eigenvalue weighted by atomic mass is 10.2. The minimum absolute atomic E-state index is 0.0404. The zero-order chi connectivity index (χ0) is 18.8. The van der Waals surface area contributed by atoms with Crippen LogP contribution in [0.25, 0.3) is 6.08 Å². The van der Waals surface area contributed by atoms with E-state index >= 15 is 0 Å².